The van der Waals surface area contributed by atoms with E-state index in [4.69, 9.17) is 9.47 Å². The fourth-order valence-electron chi connectivity index (χ4n) is 3.10. The summed E-state index contributed by atoms with van der Waals surface area (Å²) >= 11 is 0. The van der Waals surface area contributed by atoms with Gasteiger partial charge in [0.15, 0.2) is 23.9 Å². The van der Waals surface area contributed by atoms with Crippen LogP contribution in [0.4, 0.5) is 5.69 Å². The van der Waals surface area contributed by atoms with E-state index in [-0.39, 0.29) is 23.7 Å². The Morgan fingerprint density at radius 1 is 0.839 bits per heavy atom. The van der Waals surface area contributed by atoms with Crippen molar-refractivity contribution < 1.29 is 19.1 Å². The first kappa shape index (κ1) is 22.1. The van der Waals surface area contributed by atoms with Crippen LogP contribution in [0.1, 0.15) is 42.3 Å². The lowest BCUT2D eigenvalue weighted by molar-refractivity contribution is -0.118. The highest BCUT2D eigenvalue weighted by Gasteiger charge is 2.15. The predicted octanol–water partition coefficient (Wildman–Crippen LogP) is 5.24. The zero-order valence-electron chi connectivity index (χ0n) is 18.3. The molecule has 0 heterocycles. The first-order valence-electron chi connectivity index (χ1n) is 10.1. The van der Waals surface area contributed by atoms with Gasteiger partial charge in [-0.05, 0) is 35.2 Å². The van der Waals surface area contributed by atoms with Gasteiger partial charge in [-0.25, -0.2) is 0 Å². The Morgan fingerprint density at radius 3 is 2.16 bits per heavy atom. The smallest absolute Gasteiger partial charge is 0.262 e. The van der Waals surface area contributed by atoms with Gasteiger partial charge in [0.05, 0.1) is 7.11 Å². The number of nitrogens with one attached hydrogen (secondary N) is 1. The molecule has 1 amide bonds. The number of rotatable bonds is 7. The largest absolute Gasteiger partial charge is 0.493 e. The molecule has 0 radical (unpaired) electrons. The number of para-hydroxylation sites is 2. The van der Waals surface area contributed by atoms with Crippen molar-refractivity contribution in [3.05, 3.63) is 89.5 Å². The van der Waals surface area contributed by atoms with E-state index in [2.05, 4.69) is 26.1 Å². The van der Waals surface area contributed by atoms with Crippen LogP contribution in [-0.2, 0) is 10.2 Å². The number of benzene rings is 3. The summed E-state index contributed by atoms with van der Waals surface area (Å²) in [4.78, 5) is 25.2. The molecule has 0 saturated heterocycles. The molecule has 3 aromatic carbocycles. The lowest BCUT2D eigenvalue weighted by atomic mass is 9.86. The summed E-state index contributed by atoms with van der Waals surface area (Å²) in [6.45, 7) is 6.22. The summed E-state index contributed by atoms with van der Waals surface area (Å²) in [6, 6.07) is 21.7. The molecule has 3 aromatic rings. The number of amides is 1. The maximum Gasteiger partial charge on any atom is 0.262 e. The van der Waals surface area contributed by atoms with Crippen LogP contribution in [0.2, 0.25) is 0 Å². The predicted molar refractivity (Wildman–Crippen MR) is 122 cm³/mol. The quantitative estimate of drug-likeness (QED) is 0.534. The Bertz CT molecular complexity index is 1070. The van der Waals surface area contributed by atoms with E-state index in [1.54, 1.807) is 49.6 Å². The van der Waals surface area contributed by atoms with Gasteiger partial charge in [0, 0.05) is 16.8 Å². The summed E-state index contributed by atoms with van der Waals surface area (Å²) in [5.41, 5.74) is 2.84. The van der Waals surface area contributed by atoms with Gasteiger partial charge in [-0.2, -0.15) is 0 Å². The number of hydrogen-bond acceptors (Lipinski definition) is 4. The van der Waals surface area contributed by atoms with E-state index < -0.39 is 0 Å². The number of ketones is 1. The highest BCUT2D eigenvalue weighted by atomic mass is 16.5. The van der Waals surface area contributed by atoms with Gasteiger partial charge >= 0.3 is 0 Å². The molecule has 5 heteroatoms. The Kier molecular flexibility index (Phi) is 6.75. The Morgan fingerprint density at radius 2 is 1.52 bits per heavy atom. The first-order chi connectivity index (χ1) is 14.8. The highest BCUT2D eigenvalue weighted by Crippen LogP contribution is 2.26. The Balaban J connectivity index is 1.65. The monoisotopic (exact) mass is 417 g/mol. The Hall–Kier alpha value is -3.60. The molecular formula is C26H27NO4. The topological polar surface area (TPSA) is 64.6 Å². The van der Waals surface area contributed by atoms with Crippen molar-refractivity contribution in [2.24, 2.45) is 0 Å². The van der Waals surface area contributed by atoms with E-state index in [0.29, 0.717) is 28.3 Å². The van der Waals surface area contributed by atoms with Gasteiger partial charge in [0.25, 0.3) is 5.91 Å². The second-order valence-electron chi connectivity index (χ2n) is 8.22. The van der Waals surface area contributed by atoms with Crippen molar-refractivity contribution >= 4 is 17.4 Å². The van der Waals surface area contributed by atoms with E-state index in [1.807, 2.05) is 30.3 Å². The van der Waals surface area contributed by atoms with Crippen LogP contribution < -0.4 is 14.8 Å². The fraction of sp³-hybridized carbons (Fsp3) is 0.231. The second-order valence-corrected chi connectivity index (χ2v) is 8.22. The number of ether oxygens (including phenoxy) is 2. The standard InChI is InChI=1S/C26H27NO4/c1-26(2,3)20-14-12-18(13-15-20)25(29)19-8-7-9-21(16-19)27-24(28)17-31-23-11-6-5-10-22(23)30-4/h5-16H,17H2,1-4H3,(H,27,28). The average Bonchev–Trinajstić information content (AvgIpc) is 2.77. The third kappa shape index (κ3) is 5.72. The summed E-state index contributed by atoms with van der Waals surface area (Å²) in [7, 11) is 1.54. The zero-order valence-corrected chi connectivity index (χ0v) is 18.3. The van der Waals surface area contributed by atoms with Crippen molar-refractivity contribution in [3.63, 3.8) is 0 Å². The third-order valence-electron chi connectivity index (χ3n) is 4.85. The first-order valence-corrected chi connectivity index (χ1v) is 10.1. The molecule has 0 atom stereocenters. The summed E-state index contributed by atoms with van der Waals surface area (Å²) in [6.07, 6.45) is 0. The minimum atomic E-state index is -0.329. The van der Waals surface area contributed by atoms with Crippen LogP contribution in [0.25, 0.3) is 0 Å². The van der Waals surface area contributed by atoms with Gasteiger partial charge in [-0.3, -0.25) is 9.59 Å². The van der Waals surface area contributed by atoms with Gasteiger partial charge in [-0.1, -0.05) is 69.3 Å². The normalized spacial score (nSPS) is 11.0. The molecule has 0 fully saturated rings. The van der Waals surface area contributed by atoms with E-state index in [0.717, 1.165) is 0 Å². The minimum Gasteiger partial charge on any atom is -0.493 e. The lowest BCUT2D eigenvalue weighted by Crippen LogP contribution is -2.20. The molecular weight excluding hydrogens is 390 g/mol. The van der Waals surface area contributed by atoms with Crippen LogP contribution >= 0.6 is 0 Å². The molecule has 160 valence electrons. The minimum absolute atomic E-state index is 0.0254. The summed E-state index contributed by atoms with van der Waals surface area (Å²) in [5.74, 6) is 0.620. The molecule has 1 N–H and O–H groups in total. The summed E-state index contributed by atoms with van der Waals surface area (Å²) in [5, 5.41) is 2.77. The molecule has 0 aliphatic carbocycles. The van der Waals surface area contributed by atoms with Gasteiger partial charge in [-0.15, -0.1) is 0 Å². The Labute approximate surface area is 183 Å². The molecule has 0 aliphatic heterocycles. The molecule has 0 aromatic heterocycles. The maximum atomic E-state index is 12.9. The number of carbonyl (C=O) groups is 2. The van der Waals surface area contributed by atoms with Gasteiger partial charge in [0.2, 0.25) is 0 Å². The SMILES string of the molecule is COc1ccccc1OCC(=O)Nc1cccc(C(=O)c2ccc(C(C)(C)C)cc2)c1. The molecule has 5 nitrogen and oxygen atoms in total. The summed E-state index contributed by atoms with van der Waals surface area (Å²) < 4.78 is 10.8. The zero-order chi connectivity index (χ0) is 22.4. The fourth-order valence-corrected chi connectivity index (χ4v) is 3.10. The molecule has 31 heavy (non-hydrogen) atoms. The number of methoxy groups -OCH3 is 1. The van der Waals surface area contributed by atoms with Gasteiger partial charge in [0.1, 0.15) is 0 Å². The third-order valence-corrected chi connectivity index (χ3v) is 4.85. The lowest BCUT2D eigenvalue weighted by Gasteiger charge is -2.19. The molecule has 0 saturated carbocycles. The maximum absolute atomic E-state index is 12.9. The average molecular weight is 418 g/mol. The van der Waals surface area contributed by atoms with Gasteiger partial charge < -0.3 is 14.8 Å². The van der Waals surface area contributed by atoms with E-state index in [1.165, 1.54) is 5.56 Å². The van der Waals surface area contributed by atoms with Crippen molar-refractivity contribution in [3.8, 4) is 11.5 Å². The van der Waals surface area contributed by atoms with Crippen molar-refractivity contribution in [2.45, 2.75) is 26.2 Å². The number of hydrogen-bond donors (Lipinski definition) is 1. The van der Waals surface area contributed by atoms with E-state index in [9.17, 15) is 9.59 Å². The molecule has 0 unspecified atom stereocenters. The highest BCUT2D eigenvalue weighted by molar-refractivity contribution is 6.09. The van der Waals surface area contributed by atoms with Crippen LogP contribution in [0.3, 0.4) is 0 Å². The van der Waals surface area contributed by atoms with Crippen molar-refractivity contribution in [1.82, 2.24) is 0 Å². The number of anilines is 1. The van der Waals surface area contributed by atoms with Crippen molar-refractivity contribution in [1.29, 1.82) is 0 Å². The van der Waals surface area contributed by atoms with Crippen LogP contribution in [0, 0.1) is 0 Å². The van der Waals surface area contributed by atoms with Crippen LogP contribution in [0.15, 0.2) is 72.8 Å². The second kappa shape index (κ2) is 9.47. The molecule has 0 aliphatic rings. The van der Waals surface area contributed by atoms with Crippen molar-refractivity contribution in [2.75, 3.05) is 19.0 Å². The molecule has 3 rings (SSSR count). The van der Waals surface area contributed by atoms with Crippen LogP contribution in [0.5, 0.6) is 11.5 Å². The van der Waals surface area contributed by atoms with E-state index >= 15 is 0 Å². The number of carbonyl (C=O) groups excluding carboxylic acids is 2. The van der Waals surface area contributed by atoms with Crippen LogP contribution in [-0.4, -0.2) is 25.4 Å². The molecule has 0 spiro atoms. The molecule has 0 bridgehead atoms.